The highest BCUT2D eigenvalue weighted by Crippen LogP contribution is 2.39. The van der Waals surface area contributed by atoms with E-state index < -0.39 is 0 Å². The molecule has 1 aliphatic heterocycles. The number of nitrogens with zero attached hydrogens (tertiary/aromatic N) is 1. The van der Waals surface area contributed by atoms with Crippen LogP contribution in [0.1, 0.15) is 71.1 Å². The lowest BCUT2D eigenvalue weighted by molar-refractivity contribution is 0.333. The van der Waals surface area contributed by atoms with Gasteiger partial charge in [0.25, 0.3) is 0 Å². The van der Waals surface area contributed by atoms with E-state index in [0.717, 1.165) is 6.54 Å². The summed E-state index contributed by atoms with van der Waals surface area (Å²) < 4.78 is 0. The second-order valence-electron chi connectivity index (χ2n) is 8.65. The number of hydrogen-bond donors (Lipinski definition) is 0. The largest absolute Gasteiger partial charge is 0.370 e. The van der Waals surface area contributed by atoms with Crippen LogP contribution in [0.5, 0.6) is 0 Å². The molecule has 0 bridgehead atoms. The molecule has 0 unspecified atom stereocenters. The van der Waals surface area contributed by atoms with Crippen LogP contribution in [0.2, 0.25) is 0 Å². The van der Waals surface area contributed by atoms with Crippen molar-refractivity contribution >= 4 is 5.70 Å². The summed E-state index contributed by atoms with van der Waals surface area (Å²) in [5, 5.41) is 0. The van der Waals surface area contributed by atoms with E-state index in [1.54, 1.807) is 5.57 Å². The minimum Gasteiger partial charge on any atom is -0.370 e. The maximum Gasteiger partial charge on any atom is 0.0442 e. The maximum atomic E-state index is 2.42. The lowest BCUT2D eigenvalue weighted by atomic mass is 9.76. The van der Waals surface area contributed by atoms with E-state index in [9.17, 15) is 0 Å². The van der Waals surface area contributed by atoms with Gasteiger partial charge in [-0.05, 0) is 59.4 Å². The molecule has 0 atom stereocenters. The van der Waals surface area contributed by atoms with Gasteiger partial charge in [-0.1, -0.05) is 59.8 Å². The van der Waals surface area contributed by atoms with Gasteiger partial charge < -0.3 is 4.90 Å². The molecule has 2 rings (SSSR count). The second-order valence-corrected chi connectivity index (χ2v) is 8.65. The van der Waals surface area contributed by atoms with Gasteiger partial charge in [0, 0.05) is 24.9 Å². The molecular weight excluding hydrogens is 290 g/mol. The first-order valence-corrected chi connectivity index (χ1v) is 9.36. The molecule has 0 N–H and O–H groups in total. The third kappa shape index (κ3) is 3.61. The van der Waals surface area contributed by atoms with Crippen molar-refractivity contribution in [1.82, 2.24) is 4.90 Å². The summed E-state index contributed by atoms with van der Waals surface area (Å²) in [6.45, 7) is 17.1. The Morgan fingerprint density at radius 3 is 2.12 bits per heavy atom. The van der Waals surface area contributed by atoms with Gasteiger partial charge in [-0.2, -0.15) is 0 Å². The van der Waals surface area contributed by atoms with Gasteiger partial charge >= 0.3 is 0 Å². The van der Waals surface area contributed by atoms with Crippen molar-refractivity contribution in [3.05, 3.63) is 52.6 Å². The molecule has 0 saturated heterocycles. The Bertz CT molecular complexity index is 651. The van der Waals surface area contributed by atoms with E-state index in [4.69, 9.17) is 0 Å². The van der Waals surface area contributed by atoms with Crippen LogP contribution in [0.25, 0.3) is 5.70 Å². The molecule has 1 aliphatic rings. The third-order valence-corrected chi connectivity index (χ3v) is 5.98. The molecule has 1 nitrogen and oxygen atoms in total. The second kappa shape index (κ2) is 6.78. The van der Waals surface area contributed by atoms with E-state index in [1.807, 2.05) is 0 Å². The lowest BCUT2D eigenvalue weighted by Gasteiger charge is -2.37. The molecule has 0 amide bonds. The molecule has 0 aromatic heterocycles. The minimum atomic E-state index is 0.181. The number of likely N-dealkylation sites (N-methyl/N-ethyl adjacent to an activating group) is 1. The highest BCUT2D eigenvalue weighted by molar-refractivity contribution is 5.70. The first-order chi connectivity index (χ1) is 11.1. The normalized spacial score (nSPS) is 16.1. The zero-order chi connectivity index (χ0) is 18.1. The van der Waals surface area contributed by atoms with Crippen LogP contribution >= 0.6 is 0 Å². The van der Waals surface area contributed by atoms with Crippen LogP contribution < -0.4 is 0 Å². The van der Waals surface area contributed by atoms with Crippen molar-refractivity contribution in [2.24, 2.45) is 5.41 Å². The third-order valence-electron chi connectivity index (χ3n) is 5.98. The topological polar surface area (TPSA) is 3.24 Å². The Hall–Kier alpha value is -1.50. The molecule has 1 aromatic rings. The van der Waals surface area contributed by atoms with Gasteiger partial charge in [-0.25, -0.2) is 0 Å². The smallest absolute Gasteiger partial charge is 0.0442 e. The van der Waals surface area contributed by atoms with Crippen molar-refractivity contribution in [2.45, 2.75) is 66.7 Å². The van der Waals surface area contributed by atoms with Crippen LogP contribution in [-0.4, -0.2) is 18.5 Å². The van der Waals surface area contributed by atoms with E-state index in [1.165, 1.54) is 35.2 Å². The molecule has 132 valence electrons. The Labute approximate surface area is 149 Å². The molecule has 0 aliphatic carbocycles. The predicted octanol–water partition coefficient (Wildman–Crippen LogP) is 6.33. The first-order valence-electron chi connectivity index (χ1n) is 9.36. The zero-order valence-corrected chi connectivity index (χ0v) is 17.0. The highest BCUT2D eigenvalue weighted by Gasteiger charge is 2.28. The fourth-order valence-electron chi connectivity index (χ4n) is 3.46. The monoisotopic (exact) mass is 325 g/mol. The molecule has 24 heavy (non-hydrogen) atoms. The number of rotatable bonds is 4. The Kier molecular flexibility index (Phi) is 5.32. The molecule has 0 saturated carbocycles. The Morgan fingerprint density at radius 2 is 1.62 bits per heavy atom. The molecular formula is C23H35N. The molecule has 0 radical (unpaired) electrons. The van der Waals surface area contributed by atoms with Crippen LogP contribution in [0.3, 0.4) is 0 Å². The van der Waals surface area contributed by atoms with Crippen molar-refractivity contribution in [3.8, 4) is 0 Å². The summed E-state index contributed by atoms with van der Waals surface area (Å²) in [4.78, 5) is 2.42. The average molecular weight is 326 g/mol. The summed E-state index contributed by atoms with van der Waals surface area (Å²) in [5.74, 6) is 0. The predicted molar refractivity (Wildman–Crippen MR) is 107 cm³/mol. The van der Waals surface area contributed by atoms with Crippen LogP contribution in [0, 0.1) is 12.3 Å². The van der Waals surface area contributed by atoms with E-state index in [2.05, 4.69) is 90.8 Å². The van der Waals surface area contributed by atoms with Gasteiger partial charge in [0.1, 0.15) is 0 Å². The van der Waals surface area contributed by atoms with Crippen molar-refractivity contribution in [2.75, 3.05) is 13.6 Å². The summed E-state index contributed by atoms with van der Waals surface area (Å²) in [7, 11) is 2.23. The number of aryl methyl sites for hydroxylation is 1. The summed E-state index contributed by atoms with van der Waals surface area (Å²) in [5.41, 5.74) is 7.53. The van der Waals surface area contributed by atoms with Gasteiger partial charge in [-0.3, -0.25) is 0 Å². The maximum absolute atomic E-state index is 2.42. The highest BCUT2D eigenvalue weighted by atomic mass is 15.1. The van der Waals surface area contributed by atoms with Crippen LogP contribution in [0.4, 0.5) is 0 Å². The number of allylic oxidation sites excluding steroid dienone is 2. The SMILES string of the molecule is CCC(C)(CC)C1=CC=C(c2cc(C(C)(C)C)ccc2C)N(C)C1. The Balaban J connectivity index is 2.47. The number of hydrogen-bond acceptors (Lipinski definition) is 1. The van der Waals surface area contributed by atoms with Crippen molar-refractivity contribution < 1.29 is 0 Å². The van der Waals surface area contributed by atoms with E-state index >= 15 is 0 Å². The van der Waals surface area contributed by atoms with Crippen molar-refractivity contribution in [1.29, 1.82) is 0 Å². The van der Waals surface area contributed by atoms with Crippen LogP contribution in [-0.2, 0) is 5.41 Å². The zero-order valence-electron chi connectivity index (χ0n) is 17.0. The van der Waals surface area contributed by atoms with Crippen molar-refractivity contribution in [3.63, 3.8) is 0 Å². The van der Waals surface area contributed by atoms with Gasteiger partial charge in [0.05, 0.1) is 0 Å². The number of benzene rings is 1. The molecule has 0 spiro atoms. The fraction of sp³-hybridized carbons (Fsp3) is 0.565. The Morgan fingerprint density at radius 1 is 1.00 bits per heavy atom. The van der Waals surface area contributed by atoms with Gasteiger partial charge in [-0.15, -0.1) is 0 Å². The summed E-state index contributed by atoms with van der Waals surface area (Å²) in [6, 6.07) is 6.93. The standard InChI is InChI=1S/C23H35N/c1-9-23(7,10-2)19-13-14-21(24(8)16-19)20-15-18(22(4,5)6)12-11-17(20)3/h11-15H,9-10,16H2,1-8H3. The van der Waals surface area contributed by atoms with E-state index in [0.29, 0.717) is 5.41 Å². The summed E-state index contributed by atoms with van der Waals surface area (Å²) >= 11 is 0. The minimum absolute atomic E-state index is 0.181. The average Bonchev–Trinajstić information content (AvgIpc) is 2.53. The van der Waals surface area contributed by atoms with Crippen LogP contribution in [0.15, 0.2) is 35.9 Å². The van der Waals surface area contributed by atoms with Gasteiger partial charge in [0.15, 0.2) is 0 Å². The molecule has 0 fully saturated rings. The quantitative estimate of drug-likeness (QED) is 0.625. The molecule has 1 heterocycles. The van der Waals surface area contributed by atoms with Gasteiger partial charge in [0.2, 0.25) is 0 Å². The summed E-state index contributed by atoms with van der Waals surface area (Å²) in [6.07, 6.45) is 7.11. The fourth-order valence-corrected chi connectivity index (χ4v) is 3.46. The van der Waals surface area contributed by atoms with E-state index in [-0.39, 0.29) is 5.41 Å². The molecule has 1 aromatic carbocycles. The molecule has 1 heteroatoms. The lowest BCUT2D eigenvalue weighted by Crippen LogP contribution is -2.30. The first kappa shape index (κ1) is 18.8.